The van der Waals surface area contributed by atoms with E-state index in [-0.39, 0.29) is 12.0 Å². The Morgan fingerprint density at radius 1 is 1.40 bits per heavy atom. The third kappa shape index (κ3) is 2.49. The standard InChI is InChI=1S/C15H15ClN2O2/c16-9-12-10-18(7-8-20-12)15(19)14-13-4-2-1-3-11(13)5-6-17-14/h1-6,12H,7-10H2. The van der Waals surface area contributed by atoms with E-state index in [1.807, 2.05) is 30.3 Å². The number of nitrogens with zero attached hydrogens (tertiary/aromatic N) is 2. The monoisotopic (exact) mass is 290 g/mol. The lowest BCUT2D eigenvalue weighted by Gasteiger charge is -2.32. The summed E-state index contributed by atoms with van der Waals surface area (Å²) in [5.41, 5.74) is 0.498. The van der Waals surface area contributed by atoms with E-state index in [9.17, 15) is 4.79 Å². The molecule has 1 unspecified atom stereocenters. The van der Waals surface area contributed by atoms with Gasteiger partial charge in [-0.2, -0.15) is 0 Å². The first-order valence-corrected chi connectivity index (χ1v) is 7.13. The zero-order valence-electron chi connectivity index (χ0n) is 11.0. The van der Waals surface area contributed by atoms with Crippen LogP contribution in [0.5, 0.6) is 0 Å². The van der Waals surface area contributed by atoms with Crippen molar-refractivity contribution in [2.24, 2.45) is 0 Å². The Labute approximate surface area is 122 Å². The lowest BCUT2D eigenvalue weighted by atomic mass is 10.1. The highest BCUT2D eigenvalue weighted by molar-refractivity contribution is 6.18. The molecule has 1 aliphatic rings. The SMILES string of the molecule is O=C(c1nccc2ccccc12)N1CCOC(CCl)C1. The largest absolute Gasteiger partial charge is 0.373 e. The highest BCUT2D eigenvalue weighted by Crippen LogP contribution is 2.19. The lowest BCUT2D eigenvalue weighted by Crippen LogP contribution is -2.46. The van der Waals surface area contributed by atoms with E-state index in [1.165, 1.54) is 0 Å². The second-order valence-electron chi connectivity index (χ2n) is 4.78. The van der Waals surface area contributed by atoms with Gasteiger partial charge in [-0.05, 0) is 11.5 Å². The first kappa shape index (κ1) is 13.3. The zero-order chi connectivity index (χ0) is 13.9. The van der Waals surface area contributed by atoms with Crippen LogP contribution in [-0.4, -0.2) is 47.5 Å². The van der Waals surface area contributed by atoms with Gasteiger partial charge in [0.15, 0.2) is 0 Å². The molecule has 2 heterocycles. The molecular weight excluding hydrogens is 276 g/mol. The van der Waals surface area contributed by atoms with Crippen LogP contribution in [0.25, 0.3) is 10.8 Å². The van der Waals surface area contributed by atoms with Crippen molar-refractivity contribution in [3.8, 4) is 0 Å². The molecule has 0 N–H and O–H groups in total. The number of carbonyl (C=O) groups excluding carboxylic acids is 1. The molecule has 0 aliphatic carbocycles. The Morgan fingerprint density at radius 2 is 2.25 bits per heavy atom. The smallest absolute Gasteiger partial charge is 0.273 e. The topological polar surface area (TPSA) is 42.4 Å². The second kappa shape index (κ2) is 5.77. The Balaban J connectivity index is 1.92. The molecule has 0 saturated carbocycles. The quantitative estimate of drug-likeness (QED) is 0.797. The molecule has 3 rings (SSSR count). The average Bonchev–Trinajstić information content (AvgIpc) is 2.53. The normalized spacial score (nSPS) is 19.2. The Kier molecular flexibility index (Phi) is 3.85. The fourth-order valence-electron chi connectivity index (χ4n) is 2.44. The molecule has 1 fully saturated rings. The minimum absolute atomic E-state index is 0.0554. The molecule has 5 heteroatoms. The van der Waals surface area contributed by atoms with Gasteiger partial charge in [0.25, 0.3) is 5.91 Å². The maximum absolute atomic E-state index is 12.6. The highest BCUT2D eigenvalue weighted by Gasteiger charge is 2.26. The number of hydrogen-bond acceptors (Lipinski definition) is 3. The molecule has 4 nitrogen and oxygen atoms in total. The molecule has 0 bridgehead atoms. The average molecular weight is 291 g/mol. The lowest BCUT2D eigenvalue weighted by molar-refractivity contribution is -0.0109. The number of aromatic nitrogens is 1. The van der Waals surface area contributed by atoms with Crippen molar-refractivity contribution >= 4 is 28.3 Å². The number of amides is 1. The minimum Gasteiger partial charge on any atom is -0.373 e. The molecule has 20 heavy (non-hydrogen) atoms. The second-order valence-corrected chi connectivity index (χ2v) is 5.09. The van der Waals surface area contributed by atoms with Gasteiger partial charge in [-0.1, -0.05) is 24.3 Å². The van der Waals surface area contributed by atoms with Crippen molar-refractivity contribution in [1.29, 1.82) is 0 Å². The van der Waals surface area contributed by atoms with Gasteiger partial charge in [0.1, 0.15) is 5.69 Å². The van der Waals surface area contributed by atoms with Crippen LogP contribution in [0.1, 0.15) is 10.5 Å². The minimum atomic E-state index is -0.0932. The Bertz CT molecular complexity index is 627. The van der Waals surface area contributed by atoms with Crippen molar-refractivity contribution in [1.82, 2.24) is 9.88 Å². The van der Waals surface area contributed by atoms with E-state index in [4.69, 9.17) is 16.3 Å². The number of hydrogen-bond donors (Lipinski definition) is 0. The van der Waals surface area contributed by atoms with Crippen molar-refractivity contribution in [3.05, 3.63) is 42.2 Å². The maximum atomic E-state index is 12.6. The van der Waals surface area contributed by atoms with E-state index in [0.717, 1.165) is 10.8 Å². The Morgan fingerprint density at radius 3 is 3.10 bits per heavy atom. The fraction of sp³-hybridized carbons (Fsp3) is 0.333. The molecule has 1 atom stereocenters. The van der Waals surface area contributed by atoms with Crippen molar-refractivity contribution in [2.45, 2.75) is 6.10 Å². The summed E-state index contributed by atoms with van der Waals surface area (Å²) in [5.74, 6) is 0.340. The number of ether oxygens (including phenoxy) is 1. The van der Waals surface area contributed by atoms with Crippen molar-refractivity contribution in [2.75, 3.05) is 25.6 Å². The summed E-state index contributed by atoms with van der Waals surface area (Å²) in [7, 11) is 0. The fourth-order valence-corrected chi connectivity index (χ4v) is 2.62. The van der Waals surface area contributed by atoms with Crippen LogP contribution in [0.2, 0.25) is 0 Å². The number of rotatable bonds is 2. The van der Waals surface area contributed by atoms with Crippen LogP contribution >= 0.6 is 11.6 Å². The molecule has 2 aromatic rings. The summed E-state index contributed by atoms with van der Waals surface area (Å²) in [6.07, 6.45) is 1.58. The molecule has 0 radical (unpaired) electrons. The number of alkyl halides is 1. The summed E-state index contributed by atoms with van der Waals surface area (Å²) in [6.45, 7) is 1.62. The van der Waals surface area contributed by atoms with Crippen LogP contribution in [-0.2, 0) is 4.74 Å². The summed E-state index contributed by atoms with van der Waals surface area (Å²) < 4.78 is 5.48. The molecule has 1 amide bonds. The van der Waals surface area contributed by atoms with Crippen molar-refractivity contribution < 1.29 is 9.53 Å². The number of morpholine rings is 1. The van der Waals surface area contributed by atoms with E-state index >= 15 is 0 Å². The van der Waals surface area contributed by atoms with Crippen LogP contribution in [0, 0.1) is 0 Å². The van der Waals surface area contributed by atoms with E-state index in [2.05, 4.69) is 4.98 Å². The van der Waals surface area contributed by atoms with Gasteiger partial charge in [0.2, 0.25) is 0 Å². The first-order chi connectivity index (χ1) is 9.79. The number of carbonyl (C=O) groups is 1. The van der Waals surface area contributed by atoms with Crippen LogP contribution in [0.3, 0.4) is 0 Å². The summed E-state index contributed by atoms with van der Waals surface area (Å²) in [6, 6.07) is 9.69. The number of halogens is 1. The van der Waals surface area contributed by atoms with Gasteiger partial charge < -0.3 is 9.64 Å². The first-order valence-electron chi connectivity index (χ1n) is 6.60. The zero-order valence-corrected chi connectivity index (χ0v) is 11.7. The molecule has 1 aromatic carbocycles. The Hall–Kier alpha value is -1.65. The van der Waals surface area contributed by atoms with Gasteiger partial charge >= 0.3 is 0 Å². The van der Waals surface area contributed by atoms with E-state index in [0.29, 0.717) is 31.3 Å². The van der Waals surface area contributed by atoms with Gasteiger partial charge in [-0.25, -0.2) is 0 Å². The number of benzene rings is 1. The molecule has 1 aromatic heterocycles. The van der Waals surface area contributed by atoms with Crippen LogP contribution in [0.4, 0.5) is 0 Å². The van der Waals surface area contributed by atoms with Gasteiger partial charge in [-0.3, -0.25) is 9.78 Å². The number of fused-ring (bicyclic) bond motifs is 1. The third-order valence-corrected chi connectivity index (χ3v) is 3.82. The van der Waals surface area contributed by atoms with Gasteiger partial charge in [0.05, 0.1) is 18.6 Å². The molecule has 1 saturated heterocycles. The van der Waals surface area contributed by atoms with Crippen molar-refractivity contribution in [3.63, 3.8) is 0 Å². The summed E-state index contributed by atoms with van der Waals surface area (Å²) in [4.78, 5) is 18.7. The maximum Gasteiger partial charge on any atom is 0.273 e. The predicted octanol–water partition coefficient (Wildman–Crippen LogP) is 2.31. The molecule has 1 aliphatic heterocycles. The number of pyridine rings is 1. The molecule has 0 spiro atoms. The van der Waals surface area contributed by atoms with E-state index < -0.39 is 0 Å². The van der Waals surface area contributed by atoms with Crippen LogP contribution < -0.4 is 0 Å². The van der Waals surface area contributed by atoms with E-state index in [1.54, 1.807) is 11.1 Å². The van der Waals surface area contributed by atoms with Gasteiger partial charge in [-0.15, -0.1) is 11.6 Å². The summed E-state index contributed by atoms with van der Waals surface area (Å²) >= 11 is 5.81. The third-order valence-electron chi connectivity index (χ3n) is 3.47. The molecule has 104 valence electrons. The highest BCUT2D eigenvalue weighted by atomic mass is 35.5. The summed E-state index contributed by atoms with van der Waals surface area (Å²) in [5, 5.41) is 1.90. The predicted molar refractivity (Wildman–Crippen MR) is 78.1 cm³/mol. The van der Waals surface area contributed by atoms with Gasteiger partial charge in [0, 0.05) is 24.7 Å². The molecular formula is C15H15ClN2O2. The van der Waals surface area contributed by atoms with Crippen LogP contribution in [0.15, 0.2) is 36.5 Å².